The van der Waals surface area contributed by atoms with E-state index in [2.05, 4.69) is 17.2 Å². The fourth-order valence-corrected chi connectivity index (χ4v) is 1.14. The van der Waals surface area contributed by atoms with Crippen molar-refractivity contribution in [2.45, 2.75) is 20.3 Å². The first-order chi connectivity index (χ1) is 6.65. The van der Waals surface area contributed by atoms with E-state index in [1.807, 2.05) is 0 Å². The van der Waals surface area contributed by atoms with Gasteiger partial charge in [0, 0.05) is 6.54 Å². The zero-order valence-corrected chi connectivity index (χ0v) is 8.37. The Balaban J connectivity index is 2.83. The molecule has 0 amide bonds. The average Bonchev–Trinajstić information content (AvgIpc) is 2.14. The maximum atomic E-state index is 10.7. The number of carboxylic acids is 1. The number of nitrogens with one attached hydrogen (secondary N) is 1. The van der Waals surface area contributed by atoms with Crippen molar-refractivity contribution in [3.63, 3.8) is 0 Å². The molecule has 1 aromatic heterocycles. The van der Waals surface area contributed by atoms with E-state index in [1.165, 1.54) is 0 Å². The Labute approximate surface area is 83.0 Å². The molecule has 0 saturated carbocycles. The molecule has 0 fully saturated rings. The van der Waals surface area contributed by atoms with Crippen LogP contribution in [0, 0.1) is 6.92 Å². The van der Waals surface area contributed by atoms with Crippen LogP contribution < -0.4 is 5.32 Å². The number of aromatic nitrogens is 1. The van der Waals surface area contributed by atoms with E-state index in [-0.39, 0.29) is 5.56 Å². The Hall–Kier alpha value is -1.58. The van der Waals surface area contributed by atoms with Crippen LogP contribution in [-0.2, 0) is 0 Å². The minimum Gasteiger partial charge on any atom is -0.478 e. The highest BCUT2D eigenvalue weighted by molar-refractivity contribution is 5.88. The van der Waals surface area contributed by atoms with Gasteiger partial charge < -0.3 is 10.4 Å². The lowest BCUT2D eigenvalue weighted by molar-refractivity contribution is 0.0695. The molecule has 0 aliphatic rings. The normalized spacial score (nSPS) is 9.86. The number of aryl methyl sites for hydroxylation is 1. The van der Waals surface area contributed by atoms with Gasteiger partial charge in [-0.3, -0.25) is 0 Å². The van der Waals surface area contributed by atoms with Crippen molar-refractivity contribution in [3.8, 4) is 0 Å². The molecule has 0 unspecified atom stereocenters. The Bertz CT molecular complexity index is 337. The third-order valence-electron chi connectivity index (χ3n) is 1.87. The van der Waals surface area contributed by atoms with Crippen molar-refractivity contribution in [3.05, 3.63) is 23.4 Å². The first kappa shape index (κ1) is 10.5. The molecular formula is C10H14N2O2. The van der Waals surface area contributed by atoms with Crippen LogP contribution in [0.4, 0.5) is 5.82 Å². The van der Waals surface area contributed by atoms with Crippen molar-refractivity contribution in [2.24, 2.45) is 0 Å². The van der Waals surface area contributed by atoms with E-state index in [9.17, 15) is 4.79 Å². The van der Waals surface area contributed by atoms with Crippen molar-refractivity contribution >= 4 is 11.8 Å². The van der Waals surface area contributed by atoms with Gasteiger partial charge in [0.15, 0.2) is 0 Å². The Kier molecular flexibility index (Phi) is 3.45. The lowest BCUT2D eigenvalue weighted by atomic mass is 10.2. The van der Waals surface area contributed by atoms with E-state index in [1.54, 1.807) is 19.1 Å². The molecule has 1 rings (SSSR count). The molecule has 0 radical (unpaired) electrons. The molecule has 4 nitrogen and oxygen atoms in total. The zero-order valence-electron chi connectivity index (χ0n) is 8.37. The summed E-state index contributed by atoms with van der Waals surface area (Å²) >= 11 is 0. The molecule has 14 heavy (non-hydrogen) atoms. The number of rotatable bonds is 4. The minimum atomic E-state index is -0.933. The summed E-state index contributed by atoms with van der Waals surface area (Å²) in [5.41, 5.74) is 0.797. The lowest BCUT2D eigenvalue weighted by Gasteiger charge is -2.05. The molecule has 0 aromatic carbocycles. The maximum absolute atomic E-state index is 10.7. The van der Waals surface area contributed by atoms with Crippen LogP contribution in [0.25, 0.3) is 0 Å². The van der Waals surface area contributed by atoms with E-state index >= 15 is 0 Å². The fourth-order valence-electron chi connectivity index (χ4n) is 1.14. The fraction of sp³-hybridized carbons (Fsp3) is 0.400. The molecule has 1 heterocycles. The number of carboxylic acid groups (broad SMARTS) is 1. The number of pyridine rings is 1. The second-order valence-electron chi connectivity index (χ2n) is 3.06. The molecule has 1 aromatic rings. The van der Waals surface area contributed by atoms with Crippen LogP contribution in [-0.4, -0.2) is 22.6 Å². The summed E-state index contributed by atoms with van der Waals surface area (Å²) in [5, 5.41) is 11.9. The monoisotopic (exact) mass is 194 g/mol. The van der Waals surface area contributed by atoms with Crippen molar-refractivity contribution in [1.29, 1.82) is 0 Å². The Morgan fingerprint density at radius 2 is 2.29 bits per heavy atom. The van der Waals surface area contributed by atoms with Crippen LogP contribution in [0.2, 0.25) is 0 Å². The highest BCUT2D eigenvalue weighted by atomic mass is 16.4. The molecule has 0 saturated heterocycles. The van der Waals surface area contributed by atoms with Gasteiger partial charge in [-0.05, 0) is 25.5 Å². The average molecular weight is 194 g/mol. The van der Waals surface area contributed by atoms with Crippen LogP contribution >= 0.6 is 0 Å². The number of anilines is 1. The predicted octanol–water partition coefficient (Wildman–Crippen LogP) is 1.91. The summed E-state index contributed by atoms with van der Waals surface area (Å²) in [6.07, 6.45) is 1.02. The first-order valence-electron chi connectivity index (χ1n) is 4.60. The number of hydrogen-bond acceptors (Lipinski definition) is 3. The van der Waals surface area contributed by atoms with Crippen LogP contribution in [0.3, 0.4) is 0 Å². The van der Waals surface area contributed by atoms with Gasteiger partial charge in [-0.2, -0.15) is 0 Å². The number of nitrogens with zero attached hydrogens (tertiary/aromatic N) is 1. The Morgan fingerprint density at radius 1 is 1.57 bits per heavy atom. The summed E-state index contributed by atoms with van der Waals surface area (Å²) in [4.78, 5) is 14.8. The van der Waals surface area contributed by atoms with Gasteiger partial charge in [-0.15, -0.1) is 0 Å². The topological polar surface area (TPSA) is 62.2 Å². The summed E-state index contributed by atoms with van der Waals surface area (Å²) < 4.78 is 0. The predicted molar refractivity (Wildman–Crippen MR) is 54.7 cm³/mol. The van der Waals surface area contributed by atoms with Gasteiger partial charge in [0.25, 0.3) is 0 Å². The van der Waals surface area contributed by atoms with E-state index in [4.69, 9.17) is 5.11 Å². The zero-order chi connectivity index (χ0) is 10.6. The largest absolute Gasteiger partial charge is 0.478 e. The number of carbonyl (C=O) groups is 1. The third kappa shape index (κ3) is 2.45. The van der Waals surface area contributed by atoms with Crippen molar-refractivity contribution in [2.75, 3.05) is 11.9 Å². The molecule has 0 aliphatic carbocycles. The second kappa shape index (κ2) is 4.60. The molecular weight excluding hydrogens is 180 g/mol. The molecule has 76 valence electrons. The minimum absolute atomic E-state index is 0.257. The lowest BCUT2D eigenvalue weighted by Crippen LogP contribution is -2.06. The van der Waals surface area contributed by atoms with Gasteiger partial charge >= 0.3 is 5.97 Å². The van der Waals surface area contributed by atoms with Crippen LogP contribution in [0.15, 0.2) is 12.1 Å². The van der Waals surface area contributed by atoms with Crippen LogP contribution in [0.1, 0.15) is 29.4 Å². The highest BCUT2D eigenvalue weighted by Crippen LogP contribution is 2.10. The summed E-state index contributed by atoms with van der Waals surface area (Å²) in [6, 6.07) is 3.26. The molecule has 0 aliphatic heterocycles. The first-order valence-corrected chi connectivity index (χ1v) is 4.60. The summed E-state index contributed by atoms with van der Waals surface area (Å²) in [7, 11) is 0. The molecule has 2 N–H and O–H groups in total. The molecule has 0 bridgehead atoms. The quantitative estimate of drug-likeness (QED) is 0.768. The van der Waals surface area contributed by atoms with Crippen molar-refractivity contribution in [1.82, 2.24) is 4.98 Å². The second-order valence-corrected chi connectivity index (χ2v) is 3.06. The maximum Gasteiger partial charge on any atom is 0.337 e. The summed E-state index contributed by atoms with van der Waals surface area (Å²) in [6.45, 7) is 4.60. The third-order valence-corrected chi connectivity index (χ3v) is 1.87. The van der Waals surface area contributed by atoms with E-state index < -0.39 is 5.97 Å². The highest BCUT2D eigenvalue weighted by Gasteiger charge is 2.07. The molecule has 0 spiro atoms. The van der Waals surface area contributed by atoms with Gasteiger partial charge in [-0.1, -0.05) is 6.92 Å². The van der Waals surface area contributed by atoms with Gasteiger partial charge in [0.05, 0.1) is 11.3 Å². The van der Waals surface area contributed by atoms with Crippen molar-refractivity contribution < 1.29 is 9.90 Å². The van der Waals surface area contributed by atoms with Gasteiger partial charge in [0.1, 0.15) is 5.82 Å². The molecule has 0 atom stereocenters. The van der Waals surface area contributed by atoms with E-state index in [0.717, 1.165) is 18.8 Å². The Morgan fingerprint density at radius 3 is 2.79 bits per heavy atom. The van der Waals surface area contributed by atoms with Crippen LogP contribution in [0.5, 0.6) is 0 Å². The van der Waals surface area contributed by atoms with E-state index in [0.29, 0.717) is 5.69 Å². The van der Waals surface area contributed by atoms with Gasteiger partial charge in [0.2, 0.25) is 0 Å². The SMILES string of the molecule is CCCNc1ccc(C(=O)O)c(C)n1. The standard InChI is InChI=1S/C10H14N2O2/c1-3-6-11-9-5-4-8(10(13)14)7(2)12-9/h4-5H,3,6H2,1-2H3,(H,11,12)(H,13,14). The van der Waals surface area contributed by atoms with Gasteiger partial charge in [-0.25, -0.2) is 9.78 Å². The molecule has 4 heteroatoms. The summed E-state index contributed by atoms with van der Waals surface area (Å²) in [5.74, 6) is -0.202. The number of aromatic carboxylic acids is 1. The smallest absolute Gasteiger partial charge is 0.337 e. The number of hydrogen-bond donors (Lipinski definition) is 2.